The molecular weight excluding hydrogens is 173 g/mol. The molecule has 52 valence electrons. The van der Waals surface area contributed by atoms with E-state index in [1.54, 1.807) is 0 Å². The summed E-state index contributed by atoms with van der Waals surface area (Å²) in [5.41, 5.74) is 5.95. The van der Waals surface area contributed by atoms with Crippen LogP contribution in [-0.2, 0) is 17.1 Å². The molecule has 0 bridgehead atoms. The Bertz CT molecular complexity index is 146. The van der Waals surface area contributed by atoms with Crippen molar-refractivity contribution in [1.82, 2.24) is 0 Å². The Hall–Kier alpha value is -0.157. The maximum absolute atomic E-state index is 2.31. The molecule has 0 saturated heterocycles. The Morgan fingerprint density at radius 3 is 1.60 bits per heavy atom. The molecule has 0 saturated carbocycles. The zero-order valence-corrected chi connectivity index (χ0v) is 10.1. The van der Waals surface area contributed by atoms with Gasteiger partial charge in [0, 0.05) is 0 Å². The second-order valence-electron chi connectivity index (χ2n) is 2.36. The van der Waals surface area contributed by atoms with E-state index in [0.29, 0.717) is 0 Å². The molecule has 1 aromatic carbocycles. The summed E-state index contributed by atoms with van der Waals surface area (Å²) in [6, 6.07) is 10.3. The predicted molar refractivity (Wildman–Crippen MR) is 42.9 cm³/mol. The Labute approximate surface area is 71.3 Å². The van der Waals surface area contributed by atoms with E-state index in [1.807, 2.05) is 18.2 Å². The molecule has 0 aliphatic heterocycles. The van der Waals surface area contributed by atoms with Gasteiger partial charge in [0.2, 0.25) is 0 Å². The maximum atomic E-state index is 2.31. The van der Waals surface area contributed by atoms with E-state index in [2.05, 4.69) is 30.1 Å². The predicted octanol–water partition coefficient (Wildman–Crippen LogP) is 3.16. The van der Waals surface area contributed by atoms with Crippen molar-refractivity contribution in [3.63, 3.8) is 0 Å². The van der Waals surface area contributed by atoms with Crippen molar-refractivity contribution in [2.24, 2.45) is 0 Å². The van der Waals surface area contributed by atoms with Crippen molar-refractivity contribution in [2.75, 3.05) is 0 Å². The van der Waals surface area contributed by atoms with Crippen LogP contribution in [0.1, 0.15) is 5.56 Å². The summed E-state index contributed by atoms with van der Waals surface area (Å²) in [5, 5.41) is 0. The SMILES string of the molecule is Cc1ccccc1.[CH3][Zn][CH3]. The van der Waals surface area contributed by atoms with Crippen molar-refractivity contribution in [3.8, 4) is 0 Å². The van der Waals surface area contributed by atoms with Gasteiger partial charge in [0.15, 0.2) is 0 Å². The topological polar surface area (TPSA) is 0 Å². The molecule has 0 amide bonds. The Balaban J connectivity index is 0.000000236. The Morgan fingerprint density at radius 1 is 1.00 bits per heavy atom. The molecule has 0 nitrogen and oxygen atoms in total. The van der Waals surface area contributed by atoms with E-state index >= 15 is 0 Å². The van der Waals surface area contributed by atoms with E-state index in [0.717, 1.165) is 0 Å². The zero-order valence-electron chi connectivity index (χ0n) is 7.09. The molecule has 1 rings (SSSR count). The van der Waals surface area contributed by atoms with E-state index in [-0.39, 0.29) is 17.1 Å². The average molecular weight is 188 g/mol. The van der Waals surface area contributed by atoms with Gasteiger partial charge in [-0.15, -0.1) is 0 Å². The first-order valence-corrected chi connectivity index (χ1v) is 9.76. The van der Waals surface area contributed by atoms with Gasteiger partial charge in [-0.2, -0.15) is 0 Å². The van der Waals surface area contributed by atoms with Gasteiger partial charge in [-0.3, -0.25) is 0 Å². The van der Waals surface area contributed by atoms with Crippen LogP contribution in [-0.4, -0.2) is 0 Å². The molecular formula is C9H14Zn. The molecule has 0 fully saturated rings. The molecule has 0 heterocycles. The summed E-state index contributed by atoms with van der Waals surface area (Å²) in [7, 11) is 0. The summed E-state index contributed by atoms with van der Waals surface area (Å²) in [6.45, 7) is 2.08. The summed E-state index contributed by atoms with van der Waals surface area (Å²) in [6.07, 6.45) is 0. The molecule has 0 N–H and O–H groups in total. The molecule has 10 heavy (non-hydrogen) atoms. The van der Waals surface area contributed by atoms with E-state index in [9.17, 15) is 0 Å². The summed E-state index contributed by atoms with van der Waals surface area (Å²) >= 11 is 0.125. The number of aryl methyl sites for hydroxylation is 1. The molecule has 1 aromatic rings. The molecule has 0 aliphatic rings. The summed E-state index contributed by atoms with van der Waals surface area (Å²) in [4.78, 5) is 0. The standard InChI is InChI=1S/C7H8.2CH3.Zn/c1-7-5-3-2-4-6-7;;;/h2-6H,1H3;2*1H3;. The van der Waals surface area contributed by atoms with E-state index in [4.69, 9.17) is 0 Å². The van der Waals surface area contributed by atoms with Crippen LogP contribution < -0.4 is 0 Å². The summed E-state index contributed by atoms with van der Waals surface area (Å²) in [5.74, 6) is 0. The third-order valence-corrected chi connectivity index (χ3v) is 0.940. The fraction of sp³-hybridized carbons (Fsp3) is 0.333. The normalized spacial score (nSPS) is 7.10. The fourth-order valence-corrected chi connectivity index (χ4v) is 0.534. The first kappa shape index (κ1) is 9.84. The fourth-order valence-electron chi connectivity index (χ4n) is 0.534. The van der Waals surface area contributed by atoms with Gasteiger partial charge in [-0.25, -0.2) is 0 Å². The van der Waals surface area contributed by atoms with Crippen molar-refractivity contribution < 1.29 is 17.1 Å². The van der Waals surface area contributed by atoms with Crippen LogP contribution in [0.3, 0.4) is 0 Å². The van der Waals surface area contributed by atoms with Gasteiger partial charge < -0.3 is 0 Å². The second-order valence-corrected chi connectivity index (χ2v) is 5.33. The minimum absolute atomic E-state index is 0.125. The first-order valence-electron chi connectivity index (χ1n) is 3.82. The Kier molecular flexibility index (Phi) is 6.85. The minimum atomic E-state index is 0.125. The van der Waals surface area contributed by atoms with Crippen LogP contribution in [0.5, 0.6) is 0 Å². The number of hydrogen-bond acceptors (Lipinski definition) is 0. The van der Waals surface area contributed by atoms with E-state index < -0.39 is 0 Å². The van der Waals surface area contributed by atoms with Gasteiger partial charge in [-0.1, -0.05) is 35.9 Å². The molecule has 1 heteroatoms. The molecule has 0 spiro atoms. The van der Waals surface area contributed by atoms with Crippen LogP contribution in [0.25, 0.3) is 0 Å². The van der Waals surface area contributed by atoms with Gasteiger partial charge in [0.05, 0.1) is 0 Å². The van der Waals surface area contributed by atoms with Crippen LogP contribution in [0, 0.1) is 6.92 Å². The van der Waals surface area contributed by atoms with Crippen LogP contribution in [0.2, 0.25) is 11.0 Å². The number of rotatable bonds is 0. The molecule has 0 atom stereocenters. The quantitative estimate of drug-likeness (QED) is 0.548. The molecule has 0 unspecified atom stereocenters. The number of benzene rings is 1. The van der Waals surface area contributed by atoms with Gasteiger partial charge in [0.25, 0.3) is 0 Å². The van der Waals surface area contributed by atoms with E-state index in [1.165, 1.54) is 5.56 Å². The van der Waals surface area contributed by atoms with Gasteiger partial charge in [0.1, 0.15) is 0 Å². The molecule has 0 aromatic heterocycles. The Morgan fingerprint density at radius 2 is 1.40 bits per heavy atom. The van der Waals surface area contributed by atoms with Crippen molar-refractivity contribution in [3.05, 3.63) is 35.9 Å². The monoisotopic (exact) mass is 186 g/mol. The third kappa shape index (κ3) is 5.97. The van der Waals surface area contributed by atoms with Crippen LogP contribution in [0.4, 0.5) is 0 Å². The summed E-state index contributed by atoms with van der Waals surface area (Å²) < 4.78 is 0. The zero-order chi connectivity index (χ0) is 7.82. The van der Waals surface area contributed by atoms with Crippen molar-refractivity contribution >= 4 is 0 Å². The van der Waals surface area contributed by atoms with Gasteiger partial charge >= 0.3 is 28.2 Å². The van der Waals surface area contributed by atoms with Crippen molar-refractivity contribution in [1.29, 1.82) is 0 Å². The number of hydrogen-bond donors (Lipinski definition) is 0. The van der Waals surface area contributed by atoms with Crippen LogP contribution in [0.15, 0.2) is 30.3 Å². The first-order chi connectivity index (χ1) is 4.81. The van der Waals surface area contributed by atoms with Crippen LogP contribution >= 0.6 is 0 Å². The van der Waals surface area contributed by atoms with Crippen molar-refractivity contribution in [2.45, 2.75) is 18.0 Å². The molecule has 0 radical (unpaired) electrons. The average Bonchev–Trinajstić information content (AvgIpc) is 1.91. The third-order valence-electron chi connectivity index (χ3n) is 0.940. The second kappa shape index (κ2) is 6.96. The molecule has 0 aliphatic carbocycles. The van der Waals surface area contributed by atoms with Gasteiger partial charge in [-0.05, 0) is 6.92 Å².